The van der Waals surface area contributed by atoms with E-state index in [9.17, 15) is 13.6 Å². The number of hydrogen-bond donors (Lipinski definition) is 0. The van der Waals surface area contributed by atoms with Crippen molar-refractivity contribution in [3.05, 3.63) is 78.4 Å². The SMILES string of the molecule is O=C(CCn1cncn1)N(Cc1ccccc1F)c1ccc(F)cc1. The Morgan fingerprint density at radius 3 is 2.52 bits per heavy atom. The fourth-order valence-corrected chi connectivity index (χ4v) is 2.43. The van der Waals surface area contributed by atoms with E-state index < -0.39 is 11.6 Å². The number of rotatable bonds is 6. The molecule has 0 N–H and O–H groups in total. The molecule has 0 atom stereocenters. The number of amides is 1. The van der Waals surface area contributed by atoms with Gasteiger partial charge >= 0.3 is 0 Å². The maximum Gasteiger partial charge on any atom is 0.229 e. The summed E-state index contributed by atoms with van der Waals surface area (Å²) in [7, 11) is 0. The van der Waals surface area contributed by atoms with E-state index in [1.165, 1.54) is 47.9 Å². The van der Waals surface area contributed by atoms with Crippen LogP contribution in [-0.4, -0.2) is 20.7 Å². The van der Waals surface area contributed by atoms with Crippen molar-refractivity contribution in [1.29, 1.82) is 0 Å². The molecule has 3 aromatic rings. The molecular weight excluding hydrogens is 326 g/mol. The number of nitrogens with zero attached hydrogens (tertiary/aromatic N) is 4. The van der Waals surface area contributed by atoms with Gasteiger partial charge in [-0.05, 0) is 30.3 Å². The Hall–Kier alpha value is -3.09. The van der Waals surface area contributed by atoms with Crippen LogP contribution in [0.3, 0.4) is 0 Å². The molecule has 0 radical (unpaired) electrons. The number of aromatic nitrogens is 3. The monoisotopic (exact) mass is 342 g/mol. The molecular formula is C18H16F2N4O. The number of anilines is 1. The molecule has 3 rings (SSSR count). The van der Waals surface area contributed by atoms with Crippen LogP contribution in [0.25, 0.3) is 0 Å². The predicted molar refractivity (Wildman–Crippen MR) is 88.6 cm³/mol. The normalized spacial score (nSPS) is 10.6. The maximum atomic E-state index is 14.0. The summed E-state index contributed by atoms with van der Waals surface area (Å²) in [5, 5.41) is 3.96. The Labute approximate surface area is 143 Å². The summed E-state index contributed by atoms with van der Waals surface area (Å²) in [5.41, 5.74) is 0.897. The Bertz CT molecular complexity index is 835. The lowest BCUT2D eigenvalue weighted by molar-refractivity contribution is -0.119. The van der Waals surface area contributed by atoms with Crippen molar-refractivity contribution in [3.8, 4) is 0 Å². The minimum atomic E-state index is -0.398. The Morgan fingerprint density at radius 2 is 1.84 bits per heavy atom. The lowest BCUT2D eigenvalue weighted by atomic mass is 10.1. The zero-order valence-corrected chi connectivity index (χ0v) is 13.3. The van der Waals surface area contributed by atoms with Gasteiger partial charge in [0.25, 0.3) is 0 Å². The molecule has 0 bridgehead atoms. The molecule has 128 valence electrons. The van der Waals surface area contributed by atoms with Gasteiger partial charge < -0.3 is 4.90 Å². The van der Waals surface area contributed by atoms with Gasteiger partial charge in [-0.1, -0.05) is 18.2 Å². The molecule has 0 saturated carbocycles. The third-order valence-electron chi connectivity index (χ3n) is 3.75. The first kappa shape index (κ1) is 16.8. The number of carbonyl (C=O) groups excluding carboxylic acids is 1. The number of hydrogen-bond acceptors (Lipinski definition) is 3. The van der Waals surface area contributed by atoms with Gasteiger partial charge in [-0.3, -0.25) is 9.48 Å². The summed E-state index contributed by atoms with van der Waals surface area (Å²) in [6, 6.07) is 11.8. The van der Waals surface area contributed by atoms with E-state index in [1.54, 1.807) is 22.9 Å². The highest BCUT2D eigenvalue weighted by atomic mass is 19.1. The molecule has 0 aliphatic heterocycles. The van der Waals surface area contributed by atoms with E-state index >= 15 is 0 Å². The first-order valence-electron chi connectivity index (χ1n) is 7.75. The van der Waals surface area contributed by atoms with Crippen LogP contribution in [0.15, 0.2) is 61.2 Å². The molecule has 0 aliphatic rings. The van der Waals surface area contributed by atoms with Crippen LogP contribution in [0, 0.1) is 11.6 Å². The average molecular weight is 342 g/mol. The van der Waals surface area contributed by atoms with Crippen LogP contribution in [0.5, 0.6) is 0 Å². The Morgan fingerprint density at radius 1 is 1.08 bits per heavy atom. The van der Waals surface area contributed by atoms with Crippen molar-refractivity contribution in [2.75, 3.05) is 4.90 Å². The van der Waals surface area contributed by atoms with Gasteiger partial charge in [-0.2, -0.15) is 5.10 Å². The molecule has 0 spiro atoms. The molecule has 0 aliphatic carbocycles. The van der Waals surface area contributed by atoms with Gasteiger partial charge in [0, 0.05) is 17.7 Å². The summed E-state index contributed by atoms with van der Waals surface area (Å²) < 4.78 is 28.7. The Balaban J connectivity index is 1.81. The third-order valence-corrected chi connectivity index (χ3v) is 3.75. The quantitative estimate of drug-likeness (QED) is 0.691. The molecule has 7 heteroatoms. The third kappa shape index (κ3) is 4.26. The number of carbonyl (C=O) groups is 1. The van der Waals surface area contributed by atoms with Crippen molar-refractivity contribution >= 4 is 11.6 Å². The highest BCUT2D eigenvalue weighted by Crippen LogP contribution is 2.20. The van der Waals surface area contributed by atoms with Gasteiger partial charge in [0.1, 0.15) is 24.3 Å². The Kier molecular flexibility index (Phi) is 5.13. The second kappa shape index (κ2) is 7.65. The zero-order valence-electron chi connectivity index (χ0n) is 13.3. The minimum Gasteiger partial charge on any atom is -0.308 e. The van der Waals surface area contributed by atoms with Gasteiger partial charge in [0.15, 0.2) is 0 Å². The second-order valence-electron chi connectivity index (χ2n) is 5.46. The molecule has 1 aromatic heterocycles. The molecule has 5 nitrogen and oxygen atoms in total. The van der Waals surface area contributed by atoms with E-state index in [0.29, 0.717) is 17.8 Å². The van der Waals surface area contributed by atoms with E-state index in [4.69, 9.17) is 0 Å². The highest BCUT2D eigenvalue weighted by Gasteiger charge is 2.18. The second-order valence-corrected chi connectivity index (χ2v) is 5.46. The van der Waals surface area contributed by atoms with Crippen molar-refractivity contribution in [2.24, 2.45) is 0 Å². The maximum absolute atomic E-state index is 14.0. The van der Waals surface area contributed by atoms with Crippen molar-refractivity contribution in [2.45, 2.75) is 19.5 Å². The topological polar surface area (TPSA) is 51.0 Å². The summed E-state index contributed by atoms with van der Waals surface area (Å²) in [6.45, 7) is 0.419. The van der Waals surface area contributed by atoms with E-state index in [2.05, 4.69) is 10.1 Å². The van der Waals surface area contributed by atoms with Gasteiger partial charge in [-0.15, -0.1) is 0 Å². The smallest absolute Gasteiger partial charge is 0.229 e. The lowest BCUT2D eigenvalue weighted by Gasteiger charge is -2.23. The van der Waals surface area contributed by atoms with E-state index in [-0.39, 0.29) is 18.9 Å². The van der Waals surface area contributed by atoms with E-state index in [0.717, 1.165) is 0 Å². The molecule has 1 heterocycles. The molecule has 0 unspecified atom stereocenters. The molecule has 0 fully saturated rings. The first-order chi connectivity index (χ1) is 12.1. The minimum absolute atomic E-state index is 0.0640. The fourth-order valence-electron chi connectivity index (χ4n) is 2.43. The lowest BCUT2D eigenvalue weighted by Crippen LogP contribution is -2.31. The fraction of sp³-hybridized carbons (Fsp3) is 0.167. The van der Waals surface area contributed by atoms with Crippen molar-refractivity contribution in [1.82, 2.24) is 14.8 Å². The van der Waals surface area contributed by atoms with Crippen LogP contribution in [-0.2, 0) is 17.9 Å². The zero-order chi connectivity index (χ0) is 17.6. The van der Waals surface area contributed by atoms with Crippen molar-refractivity contribution < 1.29 is 13.6 Å². The van der Waals surface area contributed by atoms with Crippen LogP contribution >= 0.6 is 0 Å². The van der Waals surface area contributed by atoms with Crippen LogP contribution in [0.2, 0.25) is 0 Å². The van der Waals surface area contributed by atoms with Crippen molar-refractivity contribution in [3.63, 3.8) is 0 Å². The summed E-state index contributed by atoms with van der Waals surface area (Å²) in [6.07, 6.45) is 3.07. The molecule has 0 saturated heterocycles. The van der Waals surface area contributed by atoms with Crippen LogP contribution < -0.4 is 4.90 Å². The molecule has 25 heavy (non-hydrogen) atoms. The number of benzene rings is 2. The van der Waals surface area contributed by atoms with Gasteiger partial charge in [-0.25, -0.2) is 13.8 Å². The summed E-state index contributed by atoms with van der Waals surface area (Å²) in [5.74, 6) is -1.01. The predicted octanol–water partition coefficient (Wildman–Crippen LogP) is 3.18. The van der Waals surface area contributed by atoms with Crippen LogP contribution in [0.1, 0.15) is 12.0 Å². The van der Waals surface area contributed by atoms with Crippen LogP contribution in [0.4, 0.5) is 14.5 Å². The summed E-state index contributed by atoms with van der Waals surface area (Å²) >= 11 is 0. The number of halogens is 2. The average Bonchev–Trinajstić information content (AvgIpc) is 3.13. The highest BCUT2D eigenvalue weighted by molar-refractivity contribution is 5.93. The van der Waals surface area contributed by atoms with E-state index in [1.807, 2.05) is 0 Å². The van der Waals surface area contributed by atoms with Gasteiger partial charge in [0.05, 0.1) is 13.1 Å². The standard InChI is InChI=1S/C18H16F2N4O/c19-15-5-7-16(8-6-15)24(11-14-3-1-2-4-17(14)20)18(25)9-10-23-13-21-12-22-23/h1-8,12-13H,9-11H2. The first-order valence-corrected chi connectivity index (χ1v) is 7.75. The number of aryl methyl sites for hydroxylation is 1. The summed E-state index contributed by atoms with van der Waals surface area (Å²) in [4.78, 5) is 18.0. The van der Waals surface area contributed by atoms with Gasteiger partial charge in [0.2, 0.25) is 5.91 Å². The largest absolute Gasteiger partial charge is 0.308 e. The molecule has 2 aromatic carbocycles. The molecule has 1 amide bonds.